The number of hydrogen-bond donors (Lipinski definition) is 2. The lowest BCUT2D eigenvalue weighted by Gasteiger charge is -2.18. The van der Waals surface area contributed by atoms with Crippen molar-refractivity contribution in [2.24, 2.45) is 5.92 Å². The molecule has 0 fully saturated rings. The Morgan fingerprint density at radius 1 is 1.44 bits per heavy atom. The van der Waals surface area contributed by atoms with Gasteiger partial charge < -0.3 is 15.0 Å². The van der Waals surface area contributed by atoms with Crippen LogP contribution in [0.5, 0.6) is 0 Å². The minimum Gasteiger partial charge on any atom is -0.396 e. The summed E-state index contributed by atoms with van der Waals surface area (Å²) in [7, 11) is 0. The smallest absolute Gasteiger partial charge is 0.0471 e. The van der Waals surface area contributed by atoms with Gasteiger partial charge in [-0.2, -0.15) is 0 Å². The third kappa shape index (κ3) is 3.99. The van der Waals surface area contributed by atoms with Crippen LogP contribution >= 0.6 is 0 Å². The Bertz CT molecular complexity index is 296. The van der Waals surface area contributed by atoms with Crippen LogP contribution in [-0.2, 0) is 13.1 Å². The molecule has 2 atom stereocenters. The largest absolute Gasteiger partial charge is 0.396 e. The zero-order valence-corrected chi connectivity index (χ0v) is 10.6. The summed E-state index contributed by atoms with van der Waals surface area (Å²) in [5, 5.41) is 12.5. The number of aromatic nitrogens is 1. The zero-order chi connectivity index (χ0) is 12.0. The maximum Gasteiger partial charge on any atom is 0.0471 e. The molecule has 0 bridgehead atoms. The van der Waals surface area contributed by atoms with E-state index in [1.807, 2.05) is 0 Å². The predicted octanol–water partition coefficient (Wildman–Crippen LogP) is 2.00. The van der Waals surface area contributed by atoms with Crippen LogP contribution in [0.4, 0.5) is 0 Å². The summed E-state index contributed by atoms with van der Waals surface area (Å²) < 4.78 is 2.22. The summed E-state index contributed by atoms with van der Waals surface area (Å²) in [4.78, 5) is 0. The van der Waals surface area contributed by atoms with E-state index >= 15 is 0 Å². The molecule has 1 heterocycles. The predicted molar refractivity (Wildman–Crippen MR) is 67.3 cm³/mol. The summed E-state index contributed by atoms with van der Waals surface area (Å²) in [6.45, 7) is 8.56. The Morgan fingerprint density at radius 3 is 2.81 bits per heavy atom. The Labute approximate surface area is 98.5 Å². The van der Waals surface area contributed by atoms with Crippen LogP contribution in [0.1, 0.15) is 32.8 Å². The zero-order valence-electron chi connectivity index (χ0n) is 10.6. The van der Waals surface area contributed by atoms with Crippen molar-refractivity contribution in [3.63, 3.8) is 0 Å². The fraction of sp³-hybridized carbons (Fsp3) is 0.692. The van der Waals surface area contributed by atoms with E-state index in [1.54, 1.807) is 0 Å². The van der Waals surface area contributed by atoms with Crippen LogP contribution in [0, 0.1) is 5.92 Å². The molecule has 1 rings (SSSR count). The highest BCUT2D eigenvalue weighted by Crippen LogP contribution is 2.05. The van der Waals surface area contributed by atoms with Gasteiger partial charge in [0, 0.05) is 38.1 Å². The molecule has 0 saturated carbocycles. The van der Waals surface area contributed by atoms with Crippen molar-refractivity contribution in [1.29, 1.82) is 0 Å². The summed E-state index contributed by atoms with van der Waals surface area (Å²) in [5.41, 5.74) is 1.31. The van der Waals surface area contributed by atoms with Crippen LogP contribution in [0.3, 0.4) is 0 Å². The lowest BCUT2D eigenvalue weighted by Crippen LogP contribution is -2.33. The molecule has 1 aromatic rings. The lowest BCUT2D eigenvalue weighted by atomic mass is 10.1. The minimum atomic E-state index is 0.241. The Hall–Kier alpha value is -0.800. The normalized spacial score (nSPS) is 15.0. The van der Waals surface area contributed by atoms with Crippen molar-refractivity contribution in [3.05, 3.63) is 24.0 Å². The van der Waals surface area contributed by atoms with Gasteiger partial charge in [0.1, 0.15) is 0 Å². The molecule has 0 aliphatic rings. The molecule has 3 heteroatoms. The van der Waals surface area contributed by atoms with Gasteiger partial charge in [0.2, 0.25) is 0 Å². The third-order valence-corrected chi connectivity index (χ3v) is 3.06. The highest BCUT2D eigenvalue weighted by molar-refractivity contribution is 5.10. The van der Waals surface area contributed by atoms with Gasteiger partial charge in [-0.3, -0.25) is 0 Å². The Morgan fingerprint density at radius 2 is 2.19 bits per heavy atom. The highest BCUT2D eigenvalue weighted by Gasteiger charge is 2.10. The Kier molecular flexibility index (Phi) is 5.56. The quantitative estimate of drug-likeness (QED) is 0.743. The number of rotatable bonds is 7. The van der Waals surface area contributed by atoms with Crippen molar-refractivity contribution in [1.82, 2.24) is 9.88 Å². The average molecular weight is 224 g/mol. The van der Waals surface area contributed by atoms with Crippen molar-refractivity contribution < 1.29 is 5.11 Å². The molecular weight excluding hydrogens is 200 g/mol. The van der Waals surface area contributed by atoms with Crippen LogP contribution in [0.15, 0.2) is 18.5 Å². The first-order valence-corrected chi connectivity index (χ1v) is 6.16. The molecule has 1 aromatic heterocycles. The number of hydrogen-bond acceptors (Lipinski definition) is 2. The fourth-order valence-electron chi connectivity index (χ4n) is 1.63. The summed E-state index contributed by atoms with van der Waals surface area (Å²) in [6, 6.07) is 2.50. The SMILES string of the molecule is CCCn1ccc(CNC(C)C(C)CO)c1. The molecular formula is C13H24N2O. The molecule has 0 spiro atoms. The van der Waals surface area contributed by atoms with E-state index in [4.69, 9.17) is 5.11 Å². The van der Waals surface area contributed by atoms with Gasteiger partial charge in [-0.1, -0.05) is 13.8 Å². The average Bonchev–Trinajstić information content (AvgIpc) is 2.73. The summed E-state index contributed by atoms with van der Waals surface area (Å²) in [6.07, 6.45) is 5.48. The van der Waals surface area contributed by atoms with Crippen LogP contribution in [-0.4, -0.2) is 22.3 Å². The molecule has 0 amide bonds. The van der Waals surface area contributed by atoms with E-state index < -0.39 is 0 Å². The molecule has 16 heavy (non-hydrogen) atoms. The first-order valence-electron chi connectivity index (χ1n) is 6.16. The molecule has 0 aromatic carbocycles. The second-order valence-electron chi connectivity index (χ2n) is 4.59. The molecule has 0 aliphatic heterocycles. The van der Waals surface area contributed by atoms with E-state index in [2.05, 4.69) is 49.1 Å². The van der Waals surface area contributed by atoms with Gasteiger partial charge >= 0.3 is 0 Å². The first kappa shape index (κ1) is 13.3. The van der Waals surface area contributed by atoms with Gasteiger partial charge in [-0.15, -0.1) is 0 Å². The van der Waals surface area contributed by atoms with E-state index in [-0.39, 0.29) is 6.61 Å². The molecule has 92 valence electrons. The number of aliphatic hydroxyl groups is 1. The van der Waals surface area contributed by atoms with Gasteiger partial charge in [0.25, 0.3) is 0 Å². The number of aryl methyl sites for hydroxylation is 1. The van der Waals surface area contributed by atoms with Gasteiger partial charge in [0.15, 0.2) is 0 Å². The topological polar surface area (TPSA) is 37.2 Å². The maximum absolute atomic E-state index is 9.03. The fourth-order valence-corrected chi connectivity index (χ4v) is 1.63. The number of nitrogens with one attached hydrogen (secondary N) is 1. The van der Waals surface area contributed by atoms with Gasteiger partial charge in [-0.25, -0.2) is 0 Å². The van der Waals surface area contributed by atoms with E-state index in [0.29, 0.717) is 12.0 Å². The van der Waals surface area contributed by atoms with E-state index in [1.165, 1.54) is 12.0 Å². The lowest BCUT2D eigenvalue weighted by molar-refractivity contribution is 0.207. The number of nitrogens with zero attached hydrogens (tertiary/aromatic N) is 1. The number of aliphatic hydroxyl groups excluding tert-OH is 1. The minimum absolute atomic E-state index is 0.241. The van der Waals surface area contributed by atoms with Crippen molar-refractivity contribution in [3.8, 4) is 0 Å². The summed E-state index contributed by atoms with van der Waals surface area (Å²) >= 11 is 0. The van der Waals surface area contributed by atoms with Crippen LogP contribution in [0.25, 0.3) is 0 Å². The molecule has 3 nitrogen and oxygen atoms in total. The van der Waals surface area contributed by atoms with Crippen molar-refractivity contribution >= 4 is 0 Å². The van der Waals surface area contributed by atoms with E-state index in [9.17, 15) is 0 Å². The monoisotopic (exact) mass is 224 g/mol. The standard InChI is InChI=1S/C13H24N2O/c1-4-6-15-7-5-13(9-15)8-14-12(3)11(2)10-16/h5,7,9,11-12,14,16H,4,6,8,10H2,1-3H3. The molecule has 0 aliphatic carbocycles. The van der Waals surface area contributed by atoms with Crippen LogP contribution < -0.4 is 5.32 Å². The summed E-state index contributed by atoms with van der Waals surface area (Å²) in [5.74, 6) is 0.303. The van der Waals surface area contributed by atoms with E-state index in [0.717, 1.165) is 13.1 Å². The molecule has 0 saturated heterocycles. The van der Waals surface area contributed by atoms with Crippen molar-refractivity contribution in [2.45, 2.75) is 46.3 Å². The highest BCUT2D eigenvalue weighted by atomic mass is 16.3. The Balaban J connectivity index is 2.36. The molecule has 2 N–H and O–H groups in total. The maximum atomic E-state index is 9.03. The van der Waals surface area contributed by atoms with Gasteiger partial charge in [0.05, 0.1) is 0 Å². The van der Waals surface area contributed by atoms with Gasteiger partial charge in [-0.05, 0) is 30.9 Å². The third-order valence-electron chi connectivity index (χ3n) is 3.06. The van der Waals surface area contributed by atoms with Crippen molar-refractivity contribution in [2.75, 3.05) is 6.61 Å². The molecule has 0 radical (unpaired) electrons. The first-order chi connectivity index (χ1) is 7.67. The second kappa shape index (κ2) is 6.71. The molecule has 2 unspecified atom stereocenters. The second-order valence-corrected chi connectivity index (χ2v) is 4.59. The van der Waals surface area contributed by atoms with Crippen LogP contribution in [0.2, 0.25) is 0 Å².